The van der Waals surface area contributed by atoms with Crippen LogP contribution in [0.5, 0.6) is 11.5 Å². The predicted octanol–water partition coefficient (Wildman–Crippen LogP) is 3.65. The highest BCUT2D eigenvalue weighted by Gasteiger charge is 2.20. The number of nitrogens with one attached hydrogen (secondary N) is 1. The van der Waals surface area contributed by atoms with Crippen molar-refractivity contribution in [2.24, 2.45) is 0 Å². The van der Waals surface area contributed by atoms with Crippen molar-refractivity contribution in [3.63, 3.8) is 0 Å². The van der Waals surface area contributed by atoms with Crippen LogP contribution in [0.25, 0.3) is 11.0 Å². The second-order valence-electron chi connectivity index (χ2n) is 5.96. The molecule has 0 spiro atoms. The number of nitrogens with zero attached hydrogens (tertiary/aromatic N) is 2. The average Bonchev–Trinajstić information content (AvgIpc) is 2.66. The highest BCUT2D eigenvalue weighted by molar-refractivity contribution is 9.10. The number of benzene rings is 2. The van der Waals surface area contributed by atoms with Crippen LogP contribution >= 0.6 is 15.9 Å². The fourth-order valence-corrected chi connectivity index (χ4v) is 3.49. The van der Waals surface area contributed by atoms with E-state index in [1.807, 2.05) is 43.3 Å². The van der Waals surface area contributed by atoms with Gasteiger partial charge in [-0.3, -0.25) is 9.78 Å². The molecule has 1 atom stereocenters. The number of carbonyl (C=O) groups excluding carboxylic acids is 1. The summed E-state index contributed by atoms with van der Waals surface area (Å²) >= 11 is 3.54. The summed E-state index contributed by atoms with van der Waals surface area (Å²) in [5.74, 6) is 1.10. The maximum Gasteiger partial charge on any atom is 0.271 e. The summed E-state index contributed by atoms with van der Waals surface area (Å²) in [6.07, 6.45) is 1.49. The lowest BCUT2D eigenvalue weighted by Gasteiger charge is -2.22. The van der Waals surface area contributed by atoms with Crippen LogP contribution in [0.3, 0.4) is 0 Å². The second-order valence-corrected chi connectivity index (χ2v) is 6.81. The smallest absolute Gasteiger partial charge is 0.271 e. The van der Waals surface area contributed by atoms with Gasteiger partial charge in [-0.15, -0.1) is 0 Å². The third-order valence-corrected chi connectivity index (χ3v) is 4.84. The van der Waals surface area contributed by atoms with E-state index in [0.717, 1.165) is 15.6 Å². The van der Waals surface area contributed by atoms with Gasteiger partial charge in [0.15, 0.2) is 11.5 Å². The van der Waals surface area contributed by atoms with Crippen LogP contribution in [0.15, 0.2) is 47.1 Å². The first-order chi connectivity index (χ1) is 12.6. The minimum Gasteiger partial charge on any atom is -0.486 e. The van der Waals surface area contributed by atoms with Gasteiger partial charge in [0.25, 0.3) is 5.91 Å². The van der Waals surface area contributed by atoms with E-state index in [-0.39, 0.29) is 17.6 Å². The summed E-state index contributed by atoms with van der Waals surface area (Å²) in [4.78, 5) is 21.3. The fourth-order valence-electron chi connectivity index (χ4n) is 2.83. The topological polar surface area (TPSA) is 73.3 Å². The van der Waals surface area contributed by atoms with Crippen LogP contribution in [0.1, 0.15) is 29.0 Å². The molecular weight excluding hydrogens is 398 g/mol. The Morgan fingerprint density at radius 1 is 1.15 bits per heavy atom. The molecule has 1 aliphatic heterocycles. The third kappa shape index (κ3) is 3.22. The number of amides is 1. The van der Waals surface area contributed by atoms with E-state index in [1.54, 1.807) is 0 Å². The maximum atomic E-state index is 12.6. The Bertz CT molecular complexity index is 993. The standard InChI is InChI=1S/C19H16BrN3O3/c1-11(12-8-17-18(9-13(12)20)26-7-6-25-17)22-19(24)16-10-21-14-4-2-3-5-15(14)23-16/h2-5,8-11H,6-7H2,1H3,(H,22,24). The van der Waals surface area contributed by atoms with Crippen molar-refractivity contribution in [2.45, 2.75) is 13.0 Å². The van der Waals surface area contributed by atoms with Gasteiger partial charge in [-0.2, -0.15) is 0 Å². The summed E-state index contributed by atoms with van der Waals surface area (Å²) < 4.78 is 12.0. The molecule has 4 rings (SSSR count). The number of hydrogen-bond acceptors (Lipinski definition) is 5. The van der Waals surface area contributed by atoms with Gasteiger partial charge in [-0.25, -0.2) is 4.98 Å². The predicted molar refractivity (Wildman–Crippen MR) is 101 cm³/mol. The molecule has 132 valence electrons. The first kappa shape index (κ1) is 16.8. The van der Waals surface area contributed by atoms with Gasteiger partial charge in [-0.1, -0.05) is 28.1 Å². The lowest BCUT2D eigenvalue weighted by molar-refractivity contribution is 0.0934. The number of fused-ring (bicyclic) bond motifs is 2. The molecule has 1 aliphatic rings. The Morgan fingerprint density at radius 3 is 2.62 bits per heavy atom. The molecule has 3 aromatic rings. The molecule has 2 aromatic carbocycles. The Kier molecular flexibility index (Phi) is 4.46. The number of carbonyl (C=O) groups is 1. The molecule has 1 aromatic heterocycles. The van der Waals surface area contributed by atoms with Gasteiger partial charge in [-0.05, 0) is 36.8 Å². The van der Waals surface area contributed by atoms with Crippen molar-refractivity contribution in [3.8, 4) is 11.5 Å². The van der Waals surface area contributed by atoms with E-state index in [9.17, 15) is 4.79 Å². The largest absolute Gasteiger partial charge is 0.486 e. The summed E-state index contributed by atoms with van der Waals surface area (Å²) in [7, 11) is 0. The molecule has 0 bridgehead atoms. The van der Waals surface area contributed by atoms with Gasteiger partial charge < -0.3 is 14.8 Å². The molecule has 1 amide bonds. The van der Waals surface area contributed by atoms with E-state index in [1.165, 1.54) is 6.20 Å². The molecule has 7 heteroatoms. The van der Waals surface area contributed by atoms with Gasteiger partial charge >= 0.3 is 0 Å². The monoisotopic (exact) mass is 413 g/mol. The van der Waals surface area contributed by atoms with E-state index in [2.05, 4.69) is 31.2 Å². The van der Waals surface area contributed by atoms with E-state index < -0.39 is 0 Å². The maximum absolute atomic E-state index is 12.6. The average molecular weight is 414 g/mol. The number of aromatic nitrogens is 2. The number of hydrogen-bond donors (Lipinski definition) is 1. The first-order valence-corrected chi connectivity index (χ1v) is 9.03. The van der Waals surface area contributed by atoms with Crippen LogP contribution in [0, 0.1) is 0 Å². The van der Waals surface area contributed by atoms with Crippen molar-refractivity contribution < 1.29 is 14.3 Å². The van der Waals surface area contributed by atoms with Crippen LogP contribution in [-0.4, -0.2) is 29.1 Å². The number of rotatable bonds is 3. The summed E-state index contributed by atoms with van der Waals surface area (Å²) in [5, 5.41) is 2.96. The minimum absolute atomic E-state index is 0.249. The van der Waals surface area contributed by atoms with Crippen LogP contribution in [0.2, 0.25) is 0 Å². The van der Waals surface area contributed by atoms with Crippen molar-refractivity contribution in [1.82, 2.24) is 15.3 Å². The molecule has 0 fully saturated rings. The normalized spacial score (nSPS) is 14.1. The molecule has 1 N–H and O–H groups in total. The number of para-hydroxylation sites is 2. The molecule has 0 radical (unpaired) electrons. The zero-order valence-corrected chi connectivity index (χ0v) is 15.6. The highest BCUT2D eigenvalue weighted by atomic mass is 79.9. The molecule has 0 saturated carbocycles. The van der Waals surface area contributed by atoms with Crippen molar-refractivity contribution in [3.05, 3.63) is 58.3 Å². The van der Waals surface area contributed by atoms with Gasteiger partial charge in [0, 0.05) is 4.47 Å². The Labute approximate surface area is 158 Å². The van der Waals surface area contributed by atoms with Crippen LogP contribution in [-0.2, 0) is 0 Å². The number of halogens is 1. The Hall–Kier alpha value is -2.67. The van der Waals surface area contributed by atoms with E-state index in [4.69, 9.17) is 9.47 Å². The highest BCUT2D eigenvalue weighted by Crippen LogP contribution is 2.37. The fraction of sp³-hybridized carbons (Fsp3) is 0.211. The van der Waals surface area contributed by atoms with Gasteiger partial charge in [0.2, 0.25) is 0 Å². The van der Waals surface area contributed by atoms with E-state index in [0.29, 0.717) is 30.2 Å². The number of ether oxygens (including phenoxy) is 2. The quantitative estimate of drug-likeness (QED) is 0.709. The summed E-state index contributed by atoms with van der Waals surface area (Å²) in [6, 6.07) is 10.9. The van der Waals surface area contributed by atoms with Crippen molar-refractivity contribution >= 4 is 32.9 Å². The summed E-state index contributed by atoms with van der Waals surface area (Å²) in [6.45, 7) is 2.95. The second kappa shape index (κ2) is 6.92. The lowest BCUT2D eigenvalue weighted by Crippen LogP contribution is -2.28. The van der Waals surface area contributed by atoms with Gasteiger partial charge in [0.1, 0.15) is 18.9 Å². The zero-order chi connectivity index (χ0) is 18.1. The van der Waals surface area contributed by atoms with Crippen LogP contribution in [0.4, 0.5) is 0 Å². The molecule has 0 aliphatic carbocycles. The van der Waals surface area contributed by atoms with Crippen molar-refractivity contribution in [1.29, 1.82) is 0 Å². The molecule has 0 saturated heterocycles. The first-order valence-electron chi connectivity index (χ1n) is 8.23. The van der Waals surface area contributed by atoms with Crippen molar-refractivity contribution in [2.75, 3.05) is 13.2 Å². The lowest BCUT2D eigenvalue weighted by atomic mass is 10.1. The third-order valence-electron chi connectivity index (χ3n) is 4.16. The summed E-state index contributed by atoms with van der Waals surface area (Å²) in [5.41, 5.74) is 2.63. The molecule has 1 unspecified atom stereocenters. The Balaban J connectivity index is 1.57. The molecular formula is C19H16BrN3O3. The molecule has 26 heavy (non-hydrogen) atoms. The Morgan fingerprint density at radius 2 is 1.85 bits per heavy atom. The van der Waals surface area contributed by atoms with E-state index >= 15 is 0 Å². The SMILES string of the molecule is CC(NC(=O)c1cnc2ccccc2n1)c1cc2c(cc1Br)OCCO2. The molecule has 2 heterocycles. The minimum atomic E-state index is -0.280. The van der Waals surface area contributed by atoms with Crippen LogP contribution < -0.4 is 14.8 Å². The zero-order valence-electron chi connectivity index (χ0n) is 14.0. The molecule has 6 nitrogen and oxygen atoms in total. The van der Waals surface area contributed by atoms with Gasteiger partial charge in [0.05, 0.1) is 23.3 Å².